The van der Waals surface area contributed by atoms with E-state index in [1.165, 1.54) is 0 Å². The minimum absolute atomic E-state index is 0.0789. The second-order valence-electron chi connectivity index (χ2n) is 4.35. The van der Waals surface area contributed by atoms with Crippen LogP contribution in [0.5, 0.6) is 0 Å². The van der Waals surface area contributed by atoms with Crippen LogP contribution in [0.15, 0.2) is 51.8 Å². The van der Waals surface area contributed by atoms with Crippen LogP contribution in [0.2, 0.25) is 0 Å². The zero-order valence-electron chi connectivity index (χ0n) is 11.4. The fraction of sp³-hybridized carbons (Fsp3) is 0.188. The molecule has 0 radical (unpaired) electrons. The second-order valence-corrected chi connectivity index (χ2v) is 6.51. The maximum absolute atomic E-state index is 12.3. The molecule has 0 unspecified atom stereocenters. The summed E-state index contributed by atoms with van der Waals surface area (Å²) in [5, 5.41) is 2.98. The number of para-hydroxylation sites is 1. The van der Waals surface area contributed by atoms with Gasteiger partial charge in [-0.2, -0.15) is 0 Å². The lowest BCUT2D eigenvalue weighted by molar-refractivity contribution is 0.102. The van der Waals surface area contributed by atoms with Crippen molar-refractivity contribution in [3.8, 4) is 0 Å². The molecule has 0 aromatic heterocycles. The van der Waals surface area contributed by atoms with E-state index >= 15 is 0 Å². The lowest BCUT2D eigenvalue weighted by Gasteiger charge is -2.10. The van der Waals surface area contributed by atoms with Crippen LogP contribution in [-0.4, -0.2) is 11.7 Å². The Morgan fingerprint density at radius 1 is 1.25 bits per heavy atom. The quantitative estimate of drug-likeness (QED) is 0.776. The molecular weight excluding hydrogens is 334 g/mol. The van der Waals surface area contributed by atoms with E-state index in [-0.39, 0.29) is 5.91 Å². The summed E-state index contributed by atoms with van der Waals surface area (Å²) < 4.78 is 1.01. The summed E-state index contributed by atoms with van der Waals surface area (Å²) in [5.74, 6) is 0.898. The lowest BCUT2D eigenvalue weighted by atomic mass is 10.1. The Kier molecular flexibility index (Phi) is 5.26. The van der Waals surface area contributed by atoms with Gasteiger partial charge in [-0.1, -0.05) is 35.0 Å². The van der Waals surface area contributed by atoms with E-state index in [9.17, 15) is 4.79 Å². The average molecular weight is 350 g/mol. The van der Waals surface area contributed by atoms with E-state index in [1.807, 2.05) is 49.4 Å². The molecule has 0 fully saturated rings. The van der Waals surface area contributed by atoms with E-state index < -0.39 is 0 Å². The summed E-state index contributed by atoms with van der Waals surface area (Å²) in [7, 11) is 0. The summed E-state index contributed by atoms with van der Waals surface area (Å²) in [6.45, 7) is 4.07. The predicted octanol–water partition coefficient (Wildman–Crippen LogP) is 5.12. The fourth-order valence-electron chi connectivity index (χ4n) is 1.83. The summed E-state index contributed by atoms with van der Waals surface area (Å²) in [5.41, 5.74) is 2.58. The van der Waals surface area contributed by atoms with Crippen LogP contribution in [0, 0.1) is 6.92 Å². The molecule has 20 heavy (non-hydrogen) atoms. The first kappa shape index (κ1) is 15.1. The first-order chi connectivity index (χ1) is 9.61. The Hall–Kier alpha value is -1.26. The molecule has 0 saturated carbocycles. The van der Waals surface area contributed by atoms with Crippen molar-refractivity contribution in [3.05, 3.63) is 58.1 Å². The molecule has 0 heterocycles. The van der Waals surface area contributed by atoms with Gasteiger partial charge >= 0.3 is 0 Å². The Balaban J connectivity index is 2.21. The average Bonchev–Trinajstić information content (AvgIpc) is 2.44. The van der Waals surface area contributed by atoms with Crippen LogP contribution in [0.25, 0.3) is 0 Å². The first-order valence-corrected chi connectivity index (χ1v) is 8.19. The highest BCUT2D eigenvalue weighted by atomic mass is 79.9. The number of anilines is 1. The highest BCUT2D eigenvalue weighted by Gasteiger charge is 2.09. The highest BCUT2D eigenvalue weighted by Crippen LogP contribution is 2.27. The van der Waals surface area contributed by atoms with Crippen LogP contribution < -0.4 is 5.32 Å². The van der Waals surface area contributed by atoms with Gasteiger partial charge in [0.1, 0.15) is 0 Å². The van der Waals surface area contributed by atoms with Crippen molar-refractivity contribution in [1.29, 1.82) is 0 Å². The highest BCUT2D eigenvalue weighted by molar-refractivity contribution is 9.10. The lowest BCUT2D eigenvalue weighted by Crippen LogP contribution is -2.12. The Labute approximate surface area is 132 Å². The normalized spacial score (nSPS) is 10.3. The minimum atomic E-state index is -0.0789. The van der Waals surface area contributed by atoms with E-state index in [4.69, 9.17) is 0 Å². The smallest absolute Gasteiger partial charge is 0.255 e. The van der Waals surface area contributed by atoms with E-state index in [1.54, 1.807) is 11.8 Å². The molecule has 104 valence electrons. The van der Waals surface area contributed by atoms with Gasteiger partial charge in [-0.15, -0.1) is 11.8 Å². The van der Waals surface area contributed by atoms with Gasteiger partial charge in [0.05, 0.1) is 5.69 Å². The third kappa shape index (κ3) is 3.64. The fourth-order valence-corrected chi connectivity index (χ4v) is 2.84. The van der Waals surface area contributed by atoms with Crippen molar-refractivity contribution in [2.75, 3.05) is 11.1 Å². The van der Waals surface area contributed by atoms with Crippen molar-refractivity contribution in [3.63, 3.8) is 0 Å². The van der Waals surface area contributed by atoms with Gasteiger partial charge in [-0.05, 0) is 48.6 Å². The van der Waals surface area contributed by atoms with Gasteiger partial charge in [0.2, 0.25) is 0 Å². The van der Waals surface area contributed by atoms with E-state index in [2.05, 4.69) is 28.2 Å². The molecule has 2 aromatic rings. The van der Waals surface area contributed by atoms with Gasteiger partial charge < -0.3 is 5.32 Å². The van der Waals surface area contributed by atoms with E-state index in [0.29, 0.717) is 5.56 Å². The SMILES string of the molecule is CCSc1ccccc1NC(=O)c1ccc(Br)c(C)c1. The largest absolute Gasteiger partial charge is 0.321 e. The number of hydrogen-bond acceptors (Lipinski definition) is 2. The molecule has 0 saturated heterocycles. The van der Waals surface area contributed by atoms with E-state index in [0.717, 1.165) is 26.4 Å². The van der Waals surface area contributed by atoms with Crippen molar-refractivity contribution >= 4 is 39.3 Å². The second kappa shape index (κ2) is 6.95. The van der Waals surface area contributed by atoms with Crippen LogP contribution in [-0.2, 0) is 0 Å². The van der Waals surface area contributed by atoms with Crippen LogP contribution in [0.4, 0.5) is 5.69 Å². The molecule has 1 N–H and O–H groups in total. The standard InChI is InChI=1S/C16H16BrNOS/c1-3-20-15-7-5-4-6-14(15)18-16(19)12-8-9-13(17)11(2)10-12/h4-10H,3H2,1-2H3,(H,18,19). The maximum Gasteiger partial charge on any atom is 0.255 e. The number of carbonyl (C=O) groups excluding carboxylic acids is 1. The summed E-state index contributed by atoms with van der Waals surface area (Å²) in [6.07, 6.45) is 0. The minimum Gasteiger partial charge on any atom is -0.321 e. The van der Waals surface area contributed by atoms with Crippen LogP contribution in [0.3, 0.4) is 0 Å². The molecule has 0 aliphatic heterocycles. The summed E-state index contributed by atoms with van der Waals surface area (Å²) >= 11 is 5.16. The summed E-state index contributed by atoms with van der Waals surface area (Å²) in [6, 6.07) is 13.5. The summed E-state index contributed by atoms with van der Waals surface area (Å²) in [4.78, 5) is 13.4. The zero-order valence-corrected chi connectivity index (χ0v) is 13.8. The van der Waals surface area contributed by atoms with Crippen molar-refractivity contribution in [1.82, 2.24) is 0 Å². The predicted molar refractivity (Wildman–Crippen MR) is 89.7 cm³/mol. The number of rotatable bonds is 4. The molecule has 2 nitrogen and oxygen atoms in total. The number of amides is 1. The number of hydrogen-bond donors (Lipinski definition) is 1. The molecule has 2 rings (SSSR count). The zero-order chi connectivity index (χ0) is 14.5. The molecular formula is C16H16BrNOS. The number of halogens is 1. The topological polar surface area (TPSA) is 29.1 Å². The molecule has 4 heteroatoms. The van der Waals surface area contributed by atoms with Crippen molar-refractivity contribution in [2.24, 2.45) is 0 Å². The molecule has 0 spiro atoms. The Bertz CT molecular complexity index is 628. The Morgan fingerprint density at radius 3 is 2.70 bits per heavy atom. The van der Waals surface area contributed by atoms with Crippen molar-refractivity contribution < 1.29 is 4.79 Å². The van der Waals surface area contributed by atoms with Crippen LogP contribution >= 0.6 is 27.7 Å². The number of thioether (sulfide) groups is 1. The maximum atomic E-state index is 12.3. The number of nitrogens with one attached hydrogen (secondary N) is 1. The molecule has 0 aliphatic rings. The molecule has 0 bridgehead atoms. The first-order valence-electron chi connectivity index (χ1n) is 6.41. The van der Waals surface area contributed by atoms with Gasteiger partial charge in [0, 0.05) is 14.9 Å². The number of benzene rings is 2. The third-order valence-electron chi connectivity index (χ3n) is 2.86. The van der Waals surface area contributed by atoms with Crippen LogP contribution in [0.1, 0.15) is 22.8 Å². The number of carbonyl (C=O) groups is 1. The van der Waals surface area contributed by atoms with Crippen molar-refractivity contribution in [2.45, 2.75) is 18.7 Å². The molecule has 1 amide bonds. The van der Waals surface area contributed by atoms with Gasteiger partial charge in [0.15, 0.2) is 0 Å². The molecule has 0 aliphatic carbocycles. The molecule has 2 aromatic carbocycles. The van der Waals surface area contributed by atoms with Gasteiger partial charge in [-0.3, -0.25) is 4.79 Å². The number of aryl methyl sites for hydroxylation is 1. The Morgan fingerprint density at radius 2 is 2.00 bits per heavy atom. The third-order valence-corrected chi connectivity index (χ3v) is 4.70. The monoisotopic (exact) mass is 349 g/mol. The van der Waals surface area contributed by atoms with Gasteiger partial charge in [-0.25, -0.2) is 0 Å². The molecule has 0 atom stereocenters. The van der Waals surface area contributed by atoms with Gasteiger partial charge in [0.25, 0.3) is 5.91 Å².